The van der Waals surface area contributed by atoms with Gasteiger partial charge in [-0.3, -0.25) is 4.79 Å². The Morgan fingerprint density at radius 2 is 1.66 bits per heavy atom. The summed E-state index contributed by atoms with van der Waals surface area (Å²) < 4.78 is 64.1. The summed E-state index contributed by atoms with van der Waals surface area (Å²) >= 11 is 0. The van der Waals surface area contributed by atoms with Crippen molar-refractivity contribution >= 4 is 31.5 Å². The zero-order valence-corrected chi connectivity index (χ0v) is 17.3. The van der Waals surface area contributed by atoms with E-state index in [1.54, 1.807) is 0 Å². The van der Waals surface area contributed by atoms with Gasteiger partial charge in [0.25, 0.3) is 0 Å². The van der Waals surface area contributed by atoms with Crippen molar-refractivity contribution in [3.05, 3.63) is 72.6 Å². The molecule has 0 radical (unpaired) electrons. The molecular formula is C19H21FN2O5S2. The zero-order valence-electron chi connectivity index (χ0n) is 15.6. The fourth-order valence-electron chi connectivity index (χ4n) is 2.35. The first-order chi connectivity index (χ1) is 13.5. The maximum atomic E-state index is 13.0. The van der Waals surface area contributed by atoms with Gasteiger partial charge in [0.2, 0.25) is 15.9 Å². The van der Waals surface area contributed by atoms with Crippen LogP contribution in [0.1, 0.15) is 12.5 Å². The number of anilines is 1. The lowest BCUT2D eigenvalue weighted by molar-refractivity contribution is -0.115. The monoisotopic (exact) mass is 440 g/mol. The van der Waals surface area contributed by atoms with E-state index in [4.69, 9.17) is 0 Å². The summed E-state index contributed by atoms with van der Waals surface area (Å²) in [5, 5.41) is 1.08. The smallest absolute Gasteiger partial charge is 0.242 e. The van der Waals surface area contributed by atoms with Crippen molar-refractivity contribution in [2.45, 2.75) is 22.8 Å². The van der Waals surface area contributed by atoms with Gasteiger partial charge in [0.1, 0.15) is 11.1 Å². The maximum Gasteiger partial charge on any atom is 0.242 e. The van der Waals surface area contributed by atoms with Crippen molar-refractivity contribution in [1.29, 1.82) is 0 Å². The zero-order chi connectivity index (χ0) is 21.7. The molecule has 0 aliphatic carbocycles. The number of sulfone groups is 1. The van der Waals surface area contributed by atoms with Gasteiger partial charge in [-0.2, -0.15) is 0 Å². The normalized spacial score (nSPS) is 12.9. The second kappa shape index (κ2) is 9.29. The number of carbonyl (C=O) groups excluding carboxylic acids is 1. The molecule has 156 valence electrons. The highest BCUT2D eigenvalue weighted by Crippen LogP contribution is 2.19. The quantitative estimate of drug-likeness (QED) is 0.459. The fraction of sp³-hybridized carbons (Fsp3) is 0.211. The molecule has 0 saturated heterocycles. The van der Waals surface area contributed by atoms with Crippen LogP contribution in [0, 0.1) is 5.82 Å². The summed E-state index contributed by atoms with van der Waals surface area (Å²) in [6.07, 6.45) is 1.43. The minimum atomic E-state index is -3.99. The molecule has 10 heteroatoms. The third-order valence-electron chi connectivity index (χ3n) is 4.00. The van der Waals surface area contributed by atoms with Gasteiger partial charge in [-0.1, -0.05) is 18.2 Å². The van der Waals surface area contributed by atoms with Crippen LogP contribution in [0.4, 0.5) is 10.1 Å². The Kier molecular flexibility index (Phi) is 7.28. The van der Waals surface area contributed by atoms with E-state index >= 15 is 0 Å². The number of carbonyl (C=O) groups is 1. The topological polar surface area (TPSA) is 109 Å². The molecule has 0 aromatic heterocycles. The first kappa shape index (κ1) is 22.7. The van der Waals surface area contributed by atoms with E-state index in [9.17, 15) is 26.0 Å². The largest absolute Gasteiger partial charge is 0.325 e. The lowest BCUT2D eigenvalue weighted by atomic mass is 10.2. The Hall–Kier alpha value is -2.56. The van der Waals surface area contributed by atoms with Gasteiger partial charge in [0.15, 0.2) is 9.84 Å². The molecule has 0 aliphatic rings. The molecular weight excluding hydrogens is 419 g/mol. The molecule has 1 unspecified atom stereocenters. The van der Waals surface area contributed by atoms with Crippen LogP contribution in [0.15, 0.2) is 66.1 Å². The summed E-state index contributed by atoms with van der Waals surface area (Å²) in [5.41, 5.74) is 0.808. The number of sulfonamides is 1. The number of halogens is 1. The van der Waals surface area contributed by atoms with Crippen LogP contribution in [0.2, 0.25) is 0 Å². The minimum absolute atomic E-state index is 0.122. The van der Waals surface area contributed by atoms with Crippen molar-refractivity contribution < 1.29 is 26.0 Å². The van der Waals surface area contributed by atoms with Gasteiger partial charge in [0.05, 0.1) is 10.6 Å². The fourth-order valence-corrected chi connectivity index (χ4v) is 4.72. The number of rotatable bonds is 9. The van der Waals surface area contributed by atoms with Gasteiger partial charge in [-0.05, 0) is 48.9 Å². The molecule has 0 spiro atoms. The Labute approximate surface area is 169 Å². The van der Waals surface area contributed by atoms with Gasteiger partial charge in [-0.25, -0.2) is 25.9 Å². The van der Waals surface area contributed by atoms with Crippen molar-refractivity contribution in [3.63, 3.8) is 0 Å². The standard InChI is InChI=1S/C19H21FN2O5S2/c1-3-12-21-28(24,25)13-15-4-8-17(9-5-15)22-19(23)14(2)29(26,27)18-10-6-16(20)7-11-18/h3-11,14,21H,1,12-13H2,2H3,(H,22,23). The van der Waals surface area contributed by atoms with Gasteiger partial charge < -0.3 is 5.32 Å². The van der Waals surface area contributed by atoms with Crippen molar-refractivity contribution in [3.8, 4) is 0 Å². The molecule has 0 heterocycles. The molecule has 2 rings (SSSR count). The van der Waals surface area contributed by atoms with Crippen LogP contribution in [0.3, 0.4) is 0 Å². The lowest BCUT2D eigenvalue weighted by Gasteiger charge is -2.14. The van der Waals surface area contributed by atoms with E-state index in [-0.39, 0.29) is 17.2 Å². The molecule has 0 bridgehead atoms. The van der Waals surface area contributed by atoms with Crippen LogP contribution in [-0.4, -0.2) is 34.5 Å². The lowest BCUT2D eigenvalue weighted by Crippen LogP contribution is -2.32. The van der Waals surface area contributed by atoms with E-state index in [0.29, 0.717) is 11.3 Å². The van der Waals surface area contributed by atoms with Crippen molar-refractivity contribution in [2.24, 2.45) is 0 Å². The van der Waals surface area contributed by atoms with Crippen LogP contribution < -0.4 is 10.0 Å². The molecule has 2 aromatic rings. The summed E-state index contributed by atoms with van der Waals surface area (Å²) in [4.78, 5) is 12.2. The number of nitrogens with one attached hydrogen (secondary N) is 2. The third kappa shape index (κ3) is 6.21. The molecule has 1 amide bonds. The highest BCUT2D eigenvalue weighted by molar-refractivity contribution is 7.92. The Morgan fingerprint density at radius 3 is 2.21 bits per heavy atom. The first-order valence-electron chi connectivity index (χ1n) is 8.52. The summed E-state index contributed by atoms with van der Waals surface area (Å²) in [5.74, 6) is -1.59. The van der Waals surface area contributed by atoms with Crippen molar-refractivity contribution in [1.82, 2.24) is 4.72 Å². The van der Waals surface area contributed by atoms with Gasteiger partial charge >= 0.3 is 0 Å². The maximum absolute atomic E-state index is 13.0. The van der Waals surface area contributed by atoms with E-state index in [1.165, 1.54) is 37.3 Å². The number of hydrogen-bond donors (Lipinski definition) is 2. The average molecular weight is 441 g/mol. The molecule has 0 aliphatic heterocycles. The molecule has 29 heavy (non-hydrogen) atoms. The summed E-state index contributed by atoms with van der Waals surface area (Å²) in [7, 11) is -7.50. The Balaban J connectivity index is 2.06. The average Bonchev–Trinajstić information content (AvgIpc) is 2.67. The van der Waals surface area contributed by atoms with E-state index in [1.807, 2.05) is 0 Å². The highest BCUT2D eigenvalue weighted by atomic mass is 32.2. The van der Waals surface area contributed by atoms with Crippen LogP contribution >= 0.6 is 0 Å². The van der Waals surface area contributed by atoms with E-state index in [0.717, 1.165) is 24.3 Å². The van der Waals surface area contributed by atoms with E-state index < -0.39 is 36.8 Å². The predicted molar refractivity (Wildman–Crippen MR) is 109 cm³/mol. The summed E-state index contributed by atoms with van der Waals surface area (Å²) in [6, 6.07) is 10.2. The van der Waals surface area contributed by atoms with Gasteiger partial charge in [0, 0.05) is 12.2 Å². The minimum Gasteiger partial charge on any atom is -0.325 e. The number of benzene rings is 2. The highest BCUT2D eigenvalue weighted by Gasteiger charge is 2.29. The van der Waals surface area contributed by atoms with Crippen LogP contribution in [-0.2, 0) is 30.4 Å². The van der Waals surface area contributed by atoms with Crippen molar-refractivity contribution in [2.75, 3.05) is 11.9 Å². The first-order valence-corrected chi connectivity index (χ1v) is 11.7. The van der Waals surface area contributed by atoms with Crippen LogP contribution in [0.5, 0.6) is 0 Å². The molecule has 2 aromatic carbocycles. The Morgan fingerprint density at radius 1 is 1.07 bits per heavy atom. The SMILES string of the molecule is C=CCNS(=O)(=O)Cc1ccc(NC(=O)C(C)S(=O)(=O)c2ccc(F)cc2)cc1. The molecule has 0 fully saturated rings. The number of hydrogen-bond acceptors (Lipinski definition) is 5. The second-order valence-electron chi connectivity index (χ2n) is 6.22. The predicted octanol–water partition coefficient (Wildman–Crippen LogP) is 2.23. The Bertz CT molecular complexity index is 1080. The van der Waals surface area contributed by atoms with E-state index in [2.05, 4.69) is 16.6 Å². The molecule has 2 N–H and O–H groups in total. The molecule has 0 saturated carbocycles. The molecule has 7 nitrogen and oxygen atoms in total. The third-order valence-corrected chi connectivity index (χ3v) is 7.40. The summed E-state index contributed by atoms with van der Waals surface area (Å²) in [6.45, 7) is 4.80. The number of amides is 1. The molecule has 1 atom stereocenters. The second-order valence-corrected chi connectivity index (χ2v) is 10.3. The van der Waals surface area contributed by atoms with Crippen LogP contribution in [0.25, 0.3) is 0 Å². The van der Waals surface area contributed by atoms with Gasteiger partial charge in [-0.15, -0.1) is 6.58 Å².